The fraction of sp³-hybridized carbons (Fsp3) is 0.189. The van der Waals surface area contributed by atoms with Crippen molar-refractivity contribution in [1.29, 1.82) is 0 Å². The number of benzene rings is 5. The molecule has 0 aliphatic rings. The molecule has 0 unspecified atom stereocenters. The first-order valence-electron chi connectivity index (χ1n) is 14.6. The van der Waals surface area contributed by atoms with Gasteiger partial charge in [0.25, 0.3) is 0 Å². The third kappa shape index (κ3) is 8.07. The minimum absolute atomic E-state index is 0.121. The Bertz CT molecular complexity index is 1760. The minimum Gasteiger partial charge on any atom is -0.429 e. The molecule has 0 saturated carbocycles. The van der Waals surface area contributed by atoms with Crippen molar-refractivity contribution in [3.05, 3.63) is 132 Å². The zero-order chi connectivity index (χ0) is 32.9. The minimum atomic E-state index is -4.92. The van der Waals surface area contributed by atoms with Crippen LogP contribution in [0.3, 0.4) is 0 Å². The molecule has 0 aromatic heterocycles. The molecule has 0 N–H and O–H groups in total. The van der Waals surface area contributed by atoms with E-state index in [9.17, 15) is 22.0 Å². The summed E-state index contributed by atoms with van der Waals surface area (Å²) in [6.45, 7) is 2.16. The Morgan fingerprint density at radius 2 is 1.02 bits per heavy atom. The Labute approximate surface area is 262 Å². The second-order valence-corrected chi connectivity index (χ2v) is 10.8. The van der Waals surface area contributed by atoms with E-state index in [1.165, 1.54) is 42.3 Å². The van der Waals surface area contributed by atoms with Gasteiger partial charge in [-0.25, -0.2) is 8.78 Å². The predicted molar refractivity (Wildman–Crippen MR) is 164 cm³/mol. The molecule has 0 aliphatic carbocycles. The molecule has 9 heteroatoms. The summed E-state index contributed by atoms with van der Waals surface area (Å²) in [5.74, 6) is -2.15. The molecule has 0 spiro atoms. The average molecular weight is 639 g/mol. The summed E-state index contributed by atoms with van der Waals surface area (Å²) in [5, 5.41) is 0. The molecular weight excluding hydrogens is 609 g/mol. The molecule has 0 aliphatic heterocycles. The van der Waals surface area contributed by atoms with Crippen molar-refractivity contribution < 1.29 is 40.2 Å². The molecule has 46 heavy (non-hydrogen) atoms. The number of alkyl halides is 5. The largest absolute Gasteiger partial charge is 0.573 e. The van der Waals surface area contributed by atoms with Gasteiger partial charge in [-0.1, -0.05) is 80.4 Å². The van der Waals surface area contributed by atoms with Gasteiger partial charge in [-0.05, 0) is 89.2 Å². The van der Waals surface area contributed by atoms with E-state index in [4.69, 9.17) is 4.74 Å². The van der Waals surface area contributed by atoms with Gasteiger partial charge in [0.15, 0.2) is 0 Å². The lowest BCUT2D eigenvalue weighted by atomic mass is 9.96. The highest BCUT2D eigenvalue weighted by Gasteiger charge is 2.35. The number of hydrogen-bond donors (Lipinski definition) is 0. The molecule has 0 amide bonds. The number of rotatable bonds is 11. The first-order valence-corrected chi connectivity index (χ1v) is 14.6. The summed E-state index contributed by atoms with van der Waals surface area (Å²) in [6, 6.07) is 25.2. The van der Waals surface area contributed by atoms with Crippen LogP contribution in [0.15, 0.2) is 109 Å². The lowest BCUT2D eigenvalue weighted by Crippen LogP contribution is -2.22. The van der Waals surface area contributed by atoms with E-state index >= 15 is 8.78 Å². The zero-order valence-corrected chi connectivity index (χ0v) is 24.7. The maximum Gasteiger partial charge on any atom is 0.573 e. The molecule has 2 nitrogen and oxygen atoms in total. The van der Waals surface area contributed by atoms with Crippen molar-refractivity contribution in [1.82, 2.24) is 0 Å². The second-order valence-electron chi connectivity index (χ2n) is 10.8. The van der Waals surface area contributed by atoms with Gasteiger partial charge in [-0.2, -0.15) is 8.78 Å². The lowest BCUT2D eigenvalue weighted by molar-refractivity contribution is -0.274. The van der Waals surface area contributed by atoms with Gasteiger partial charge in [-0.15, -0.1) is 13.2 Å². The van der Waals surface area contributed by atoms with Crippen LogP contribution in [0.4, 0.5) is 30.7 Å². The summed E-state index contributed by atoms with van der Waals surface area (Å²) in [6.07, 6.45) is -4.31. The summed E-state index contributed by atoms with van der Waals surface area (Å²) in [4.78, 5) is 0. The summed E-state index contributed by atoms with van der Waals surface area (Å²) < 4.78 is 105. The Balaban J connectivity index is 1.27. The Morgan fingerprint density at radius 3 is 1.59 bits per heavy atom. The second kappa shape index (κ2) is 13.7. The van der Waals surface area contributed by atoms with Gasteiger partial charge in [0.1, 0.15) is 23.1 Å². The van der Waals surface area contributed by atoms with Gasteiger partial charge < -0.3 is 9.47 Å². The SMILES string of the molecule is CCCCCc1ccc(-c2ccc(-c3ccc(-c4ccc(C(F)(F)Oc5ccc(OC(F)(F)F)cc5)cc4)c(F)c3)c(F)c2)cc1. The molecule has 238 valence electrons. The predicted octanol–water partition coefficient (Wildman–Crippen LogP) is 11.7. The van der Waals surface area contributed by atoms with E-state index < -0.39 is 35.4 Å². The summed E-state index contributed by atoms with van der Waals surface area (Å²) in [5.41, 5.74) is 3.20. The van der Waals surface area contributed by atoms with Crippen LogP contribution < -0.4 is 9.47 Å². The standard InChI is InChI=1S/C37H29F7O2/c1-2-3-4-5-24-6-8-25(9-7-24)27-12-20-33(34(38)22-27)28-13-21-32(35(39)23-28)26-10-14-29(15-11-26)36(40,41)45-30-16-18-31(19-17-30)46-37(42,43)44/h6-23H,2-5H2,1H3. The van der Waals surface area contributed by atoms with Gasteiger partial charge in [0.05, 0.1) is 5.56 Å². The highest BCUT2D eigenvalue weighted by Crippen LogP contribution is 2.36. The molecule has 0 fully saturated rings. The monoisotopic (exact) mass is 638 g/mol. The summed E-state index contributed by atoms with van der Waals surface area (Å²) >= 11 is 0. The third-order valence-corrected chi connectivity index (χ3v) is 7.44. The molecule has 5 rings (SSSR count). The highest BCUT2D eigenvalue weighted by atomic mass is 19.4. The van der Waals surface area contributed by atoms with Crippen LogP contribution in [0, 0.1) is 11.6 Å². The van der Waals surface area contributed by atoms with Crippen LogP contribution in [-0.2, 0) is 12.5 Å². The van der Waals surface area contributed by atoms with Crippen LogP contribution in [0.1, 0.15) is 37.3 Å². The maximum atomic E-state index is 15.2. The van der Waals surface area contributed by atoms with Crippen molar-refractivity contribution in [2.45, 2.75) is 45.1 Å². The Kier molecular flexibility index (Phi) is 9.70. The van der Waals surface area contributed by atoms with Crippen LogP contribution in [0.5, 0.6) is 11.5 Å². The molecule has 0 saturated heterocycles. The third-order valence-electron chi connectivity index (χ3n) is 7.44. The fourth-order valence-corrected chi connectivity index (χ4v) is 5.05. The Hall–Kier alpha value is -4.79. The van der Waals surface area contributed by atoms with Crippen molar-refractivity contribution in [2.24, 2.45) is 0 Å². The van der Waals surface area contributed by atoms with E-state index in [2.05, 4.69) is 11.7 Å². The van der Waals surface area contributed by atoms with Crippen molar-refractivity contribution in [3.8, 4) is 44.9 Å². The average Bonchev–Trinajstić information content (AvgIpc) is 3.02. The van der Waals surface area contributed by atoms with Crippen LogP contribution >= 0.6 is 0 Å². The summed E-state index contributed by atoms with van der Waals surface area (Å²) in [7, 11) is 0. The molecular formula is C37H29F7O2. The number of hydrogen-bond acceptors (Lipinski definition) is 2. The van der Waals surface area contributed by atoms with E-state index in [0.29, 0.717) is 16.7 Å². The van der Waals surface area contributed by atoms with E-state index in [0.717, 1.165) is 61.2 Å². The highest BCUT2D eigenvalue weighted by molar-refractivity contribution is 5.74. The van der Waals surface area contributed by atoms with Gasteiger partial charge in [0, 0.05) is 11.1 Å². The Morgan fingerprint density at radius 1 is 0.522 bits per heavy atom. The molecule has 0 radical (unpaired) electrons. The van der Waals surface area contributed by atoms with Crippen LogP contribution in [0.25, 0.3) is 33.4 Å². The smallest absolute Gasteiger partial charge is 0.429 e. The number of halogens is 7. The molecule has 5 aromatic carbocycles. The first-order chi connectivity index (χ1) is 21.9. The number of aryl methyl sites for hydroxylation is 1. The lowest BCUT2D eigenvalue weighted by Gasteiger charge is -2.19. The normalized spacial score (nSPS) is 11.8. The van der Waals surface area contributed by atoms with Gasteiger partial charge in [-0.3, -0.25) is 0 Å². The molecule has 5 aromatic rings. The van der Waals surface area contributed by atoms with Crippen LogP contribution in [-0.4, -0.2) is 6.36 Å². The van der Waals surface area contributed by atoms with E-state index in [-0.39, 0.29) is 16.9 Å². The fourth-order valence-electron chi connectivity index (χ4n) is 5.05. The molecule has 0 heterocycles. The maximum absolute atomic E-state index is 15.2. The molecule has 0 atom stereocenters. The van der Waals surface area contributed by atoms with Crippen molar-refractivity contribution in [3.63, 3.8) is 0 Å². The number of unbranched alkanes of at least 4 members (excludes halogenated alkanes) is 2. The van der Waals surface area contributed by atoms with E-state index in [1.54, 1.807) is 18.2 Å². The van der Waals surface area contributed by atoms with E-state index in [1.807, 2.05) is 24.3 Å². The van der Waals surface area contributed by atoms with Crippen LogP contribution in [0.2, 0.25) is 0 Å². The van der Waals surface area contributed by atoms with Gasteiger partial charge >= 0.3 is 12.5 Å². The quantitative estimate of drug-likeness (QED) is 0.106. The van der Waals surface area contributed by atoms with Crippen molar-refractivity contribution in [2.75, 3.05) is 0 Å². The zero-order valence-electron chi connectivity index (χ0n) is 24.7. The first kappa shape index (κ1) is 32.6. The topological polar surface area (TPSA) is 18.5 Å². The number of ether oxygens (including phenoxy) is 2. The van der Waals surface area contributed by atoms with Gasteiger partial charge in [0.2, 0.25) is 0 Å². The molecule has 0 bridgehead atoms. The van der Waals surface area contributed by atoms with Crippen molar-refractivity contribution >= 4 is 0 Å².